The van der Waals surface area contributed by atoms with Gasteiger partial charge in [-0.3, -0.25) is 0 Å². The second kappa shape index (κ2) is 4.93. The first-order valence-electron chi connectivity index (χ1n) is 4.92. The Morgan fingerprint density at radius 3 is 2.59 bits per heavy atom. The van der Waals surface area contributed by atoms with E-state index in [0.717, 1.165) is 4.88 Å². The molecule has 0 radical (unpaired) electrons. The molecule has 1 aromatic carbocycles. The van der Waals surface area contributed by atoms with Gasteiger partial charge in [-0.15, -0.1) is 11.3 Å². The van der Waals surface area contributed by atoms with Crippen LogP contribution in [0.15, 0.2) is 41.8 Å². The van der Waals surface area contributed by atoms with Crippen molar-refractivity contribution in [2.45, 2.75) is 0 Å². The van der Waals surface area contributed by atoms with Crippen molar-refractivity contribution in [3.05, 3.63) is 58.0 Å². The minimum Gasteiger partial charge on any atom is -0.478 e. The summed E-state index contributed by atoms with van der Waals surface area (Å²) in [7, 11) is 0. The zero-order valence-electron chi connectivity index (χ0n) is 8.76. The summed E-state index contributed by atoms with van der Waals surface area (Å²) >= 11 is 1.41. The third kappa shape index (κ3) is 2.60. The van der Waals surface area contributed by atoms with E-state index >= 15 is 0 Å². The Labute approximate surface area is 102 Å². The van der Waals surface area contributed by atoms with E-state index in [1.165, 1.54) is 35.6 Å². The molecule has 0 fully saturated rings. The summed E-state index contributed by atoms with van der Waals surface area (Å²) in [5.74, 6) is -1.67. The van der Waals surface area contributed by atoms with E-state index in [9.17, 15) is 9.18 Å². The summed E-state index contributed by atoms with van der Waals surface area (Å²) in [5.41, 5.74) is 0.0685. The largest absolute Gasteiger partial charge is 0.478 e. The lowest BCUT2D eigenvalue weighted by Gasteiger charge is -2.03. The van der Waals surface area contributed by atoms with E-state index in [0.29, 0.717) is 0 Å². The number of thiophene rings is 1. The Bertz CT molecular complexity index is 559. The van der Waals surface area contributed by atoms with E-state index in [1.54, 1.807) is 12.1 Å². The average molecular weight is 248 g/mol. The predicted octanol–water partition coefficient (Wildman–Crippen LogP) is 3.51. The maximum atomic E-state index is 13.5. The van der Waals surface area contributed by atoms with E-state index in [-0.39, 0.29) is 11.1 Å². The Kier molecular flexibility index (Phi) is 3.35. The number of rotatable bonds is 3. The summed E-state index contributed by atoms with van der Waals surface area (Å²) in [6, 6.07) is 9.46. The van der Waals surface area contributed by atoms with Gasteiger partial charge in [-0.1, -0.05) is 24.3 Å². The normalized spacial score (nSPS) is 11.5. The first-order valence-corrected chi connectivity index (χ1v) is 5.80. The van der Waals surface area contributed by atoms with Crippen molar-refractivity contribution in [2.24, 2.45) is 0 Å². The van der Waals surface area contributed by atoms with Crippen LogP contribution >= 0.6 is 11.3 Å². The maximum Gasteiger partial charge on any atom is 0.336 e. The molecule has 4 heteroatoms. The van der Waals surface area contributed by atoms with Gasteiger partial charge < -0.3 is 5.11 Å². The number of benzene rings is 1. The summed E-state index contributed by atoms with van der Waals surface area (Å²) in [6.45, 7) is 0. The van der Waals surface area contributed by atoms with Crippen LogP contribution in [0.4, 0.5) is 4.39 Å². The number of carbonyl (C=O) groups is 1. The molecule has 1 heterocycles. The lowest BCUT2D eigenvalue weighted by atomic mass is 10.0. The third-order valence-electron chi connectivity index (χ3n) is 2.22. The van der Waals surface area contributed by atoms with Crippen LogP contribution < -0.4 is 0 Å². The second-order valence-corrected chi connectivity index (χ2v) is 4.34. The van der Waals surface area contributed by atoms with Crippen LogP contribution in [0.1, 0.15) is 10.4 Å². The van der Waals surface area contributed by atoms with Crippen molar-refractivity contribution in [3.8, 4) is 0 Å². The Hall–Kier alpha value is -1.94. The molecule has 2 nitrogen and oxygen atoms in total. The number of hydrogen-bond acceptors (Lipinski definition) is 2. The van der Waals surface area contributed by atoms with Gasteiger partial charge in [0.05, 0.1) is 5.57 Å². The van der Waals surface area contributed by atoms with Gasteiger partial charge in [0.1, 0.15) is 5.82 Å². The molecule has 0 bridgehead atoms. The summed E-state index contributed by atoms with van der Waals surface area (Å²) in [5, 5.41) is 11.0. The number of halogens is 1. The number of hydrogen-bond donors (Lipinski definition) is 1. The highest BCUT2D eigenvalue weighted by Gasteiger charge is 2.14. The predicted molar refractivity (Wildman–Crippen MR) is 66.2 cm³/mol. The van der Waals surface area contributed by atoms with E-state index in [1.807, 2.05) is 11.4 Å². The molecule has 0 aliphatic carbocycles. The molecule has 0 amide bonds. The molecule has 0 saturated carbocycles. The van der Waals surface area contributed by atoms with Crippen molar-refractivity contribution in [3.63, 3.8) is 0 Å². The zero-order chi connectivity index (χ0) is 12.3. The minimum absolute atomic E-state index is 0.0365. The number of carboxylic acid groups (broad SMARTS) is 1. The van der Waals surface area contributed by atoms with Crippen LogP contribution in [-0.2, 0) is 4.79 Å². The molecule has 1 aromatic heterocycles. The van der Waals surface area contributed by atoms with Gasteiger partial charge in [0.2, 0.25) is 0 Å². The molecule has 0 spiro atoms. The summed E-state index contributed by atoms with van der Waals surface area (Å²) < 4.78 is 13.5. The Morgan fingerprint density at radius 2 is 2.00 bits per heavy atom. The molecule has 2 rings (SSSR count). The van der Waals surface area contributed by atoms with Crippen LogP contribution in [0, 0.1) is 5.82 Å². The van der Waals surface area contributed by atoms with Crippen LogP contribution in [-0.4, -0.2) is 11.1 Å². The van der Waals surface area contributed by atoms with Crippen molar-refractivity contribution >= 4 is 29.0 Å². The molecule has 0 atom stereocenters. The van der Waals surface area contributed by atoms with Gasteiger partial charge in [0, 0.05) is 10.4 Å². The fourth-order valence-corrected chi connectivity index (χ4v) is 2.11. The van der Waals surface area contributed by atoms with Crippen molar-refractivity contribution in [2.75, 3.05) is 0 Å². The van der Waals surface area contributed by atoms with Crippen LogP contribution in [0.25, 0.3) is 11.6 Å². The molecule has 1 N–H and O–H groups in total. The molecule has 17 heavy (non-hydrogen) atoms. The van der Waals surface area contributed by atoms with E-state index in [4.69, 9.17) is 5.11 Å². The molecule has 0 aliphatic rings. The highest BCUT2D eigenvalue weighted by molar-refractivity contribution is 7.10. The smallest absolute Gasteiger partial charge is 0.336 e. The van der Waals surface area contributed by atoms with Crippen molar-refractivity contribution in [1.82, 2.24) is 0 Å². The molecule has 0 saturated heterocycles. The SMILES string of the molecule is O=C(O)/C(=C/c1cccs1)c1ccccc1F. The first-order chi connectivity index (χ1) is 8.18. The third-order valence-corrected chi connectivity index (χ3v) is 3.04. The Balaban J connectivity index is 2.51. The Morgan fingerprint density at radius 1 is 1.24 bits per heavy atom. The minimum atomic E-state index is -1.14. The van der Waals surface area contributed by atoms with Crippen molar-refractivity contribution in [1.29, 1.82) is 0 Å². The van der Waals surface area contributed by atoms with Gasteiger partial charge in [0.25, 0.3) is 0 Å². The fraction of sp³-hybridized carbons (Fsp3) is 0. The highest BCUT2D eigenvalue weighted by Crippen LogP contribution is 2.23. The molecule has 2 aromatic rings. The summed E-state index contributed by atoms with van der Waals surface area (Å²) in [6.07, 6.45) is 1.48. The van der Waals surface area contributed by atoms with Gasteiger partial charge in [0.15, 0.2) is 0 Å². The van der Waals surface area contributed by atoms with Crippen molar-refractivity contribution < 1.29 is 14.3 Å². The van der Waals surface area contributed by atoms with E-state index < -0.39 is 11.8 Å². The van der Waals surface area contributed by atoms with Crippen LogP contribution in [0.5, 0.6) is 0 Å². The molecule has 86 valence electrons. The van der Waals surface area contributed by atoms with Crippen LogP contribution in [0.2, 0.25) is 0 Å². The molecular formula is C13H9FO2S. The standard InChI is InChI=1S/C13H9FO2S/c14-12-6-2-1-5-10(12)11(13(15)16)8-9-4-3-7-17-9/h1-8H,(H,15,16)/b11-8+. The number of carboxylic acids is 1. The molecule has 0 aliphatic heterocycles. The van der Waals surface area contributed by atoms with Gasteiger partial charge in [-0.2, -0.15) is 0 Å². The van der Waals surface area contributed by atoms with E-state index in [2.05, 4.69) is 0 Å². The van der Waals surface area contributed by atoms with Gasteiger partial charge in [-0.05, 0) is 23.6 Å². The lowest BCUT2D eigenvalue weighted by Crippen LogP contribution is -2.01. The van der Waals surface area contributed by atoms with Gasteiger partial charge >= 0.3 is 5.97 Å². The zero-order valence-corrected chi connectivity index (χ0v) is 9.58. The molecule has 0 unspecified atom stereocenters. The topological polar surface area (TPSA) is 37.3 Å². The second-order valence-electron chi connectivity index (χ2n) is 3.36. The van der Waals surface area contributed by atoms with Gasteiger partial charge in [-0.25, -0.2) is 9.18 Å². The lowest BCUT2D eigenvalue weighted by molar-refractivity contribution is -0.130. The number of aliphatic carboxylic acids is 1. The quantitative estimate of drug-likeness (QED) is 0.844. The maximum absolute atomic E-state index is 13.5. The molecular weight excluding hydrogens is 239 g/mol. The van der Waals surface area contributed by atoms with Crippen LogP contribution in [0.3, 0.4) is 0 Å². The fourth-order valence-electron chi connectivity index (χ4n) is 1.45. The summed E-state index contributed by atoms with van der Waals surface area (Å²) in [4.78, 5) is 11.9. The monoisotopic (exact) mass is 248 g/mol. The highest BCUT2D eigenvalue weighted by atomic mass is 32.1. The average Bonchev–Trinajstić information content (AvgIpc) is 2.79. The first kappa shape index (κ1) is 11.5.